The molecule has 3 aliphatic heterocycles. The van der Waals surface area contributed by atoms with E-state index in [9.17, 15) is 0 Å². The maximum Gasteiger partial charge on any atom is 0.0893 e. The van der Waals surface area contributed by atoms with E-state index in [0.717, 1.165) is 85.9 Å². The highest BCUT2D eigenvalue weighted by atomic mass is 16.5. The van der Waals surface area contributed by atoms with Crippen LogP contribution in [0, 0.1) is 0 Å². The second-order valence-electron chi connectivity index (χ2n) is 10.7. The average molecular weight is 548 g/mol. The summed E-state index contributed by atoms with van der Waals surface area (Å²) in [6, 6.07) is 31.6. The van der Waals surface area contributed by atoms with Gasteiger partial charge >= 0.3 is 0 Å². The third-order valence-electron chi connectivity index (χ3n) is 8.00. The minimum Gasteiger partial charge on any atom is -0.378 e. The molecule has 8 rings (SSSR count). The Morgan fingerprint density at radius 3 is 1.52 bits per heavy atom. The molecule has 204 valence electrons. The Balaban J connectivity index is 1.51. The summed E-state index contributed by atoms with van der Waals surface area (Å²) in [5.41, 5.74) is 13.2. The molecule has 0 radical (unpaired) electrons. The molecule has 0 spiro atoms. The van der Waals surface area contributed by atoms with Gasteiger partial charge in [-0.2, -0.15) is 0 Å². The SMILES string of the molecule is C1=Cc2nc1c(N1CCOCC1)c1nc(c(-c3ccccc3)c3ccc(cc4ccc([nH]4)c2-c2ccccc2)[nH]3)C=C1. The Morgan fingerprint density at radius 1 is 0.548 bits per heavy atom. The second-order valence-corrected chi connectivity index (χ2v) is 10.7. The van der Waals surface area contributed by atoms with Crippen molar-refractivity contribution in [1.82, 2.24) is 19.9 Å². The second kappa shape index (κ2) is 10.3. The largest absolute Gasteiger partial charge is 0.378 e. The van der Waals surface area contributed by atoms with Crippen molar-refractivity contribution in [2.45, 2.75) is 0 Å². The summed E-state index contributed by atoms with van der Waals surface area (Å²) in [4.78, 5) is 20.2. The Hall–Kier alpha value is -5.20. The maximum atomic E-state index is 5.72. The van der Waals surface area contributed by atoms with Gasteiger partial charge in [0.2, 0.25) is 0 Å². The Labute approximate surface area is 243 Å². The van der Waals surface area contributed by atoms with Crippen LogP contribution < -0.4 is 4.90 Å². The number of morpholine rings is 1. The van der Waals surface area contributed by atoms with E-state index in [1.54, 1.807) is 0 Å². The van der Waals surface area contributed by atoms with Crippen LogP contribution in [0.25, 0.3) is 68.6 Å². The lowest BCUT2D eigenvalue weighted by Gasteiger charge is -2.29. The van der Waals surface area contributed by atoms with E-state index < -0.39 is 0 Å². The zero-order valence-corrected chi connectivity index (χ0v) is 23.0. The molecule has 3 aromatic heterocycles. The fourth-order valence-electron chi connectivity index (χ4n) is 6.05. The summed E-state index contributed by atoms with van der Waals surface area (Å²) < 4.78 is 5.72. The molecule has 0 unspecified atom stereocenters. The molecule has 0 atom stereocenters. The molecular formula is C36H29N5O. The molecule has 0 amide bonds. The van der Waals surface area contributed by atoms with E-state index in [1.165, 1.54) is 0 Å². The van der Waals surface area contributed by atoms with Crippen LogP contribution in [-0.4, -0.2) is 46.2 Å². The smallest absolute Gasteiger partial charge is 0.0893 e. The summed E-state index contributed by atoms with van der Waals surface area (Å²) in [6.45, 7) is 2.95. The van der Waals surface area contributed by atoms with E-state index in [2.05, 4.69) is 118 Å². The highest BCUT2D eigenvalue weighted by molar-refractivity contribution is 5.95. The number of hydrogen-bond acceptors (Lipinski definition) is 4. The summed E-state index contributed by atoms with van der Waals surface area (Å²) in [5, 5.41) is 0. The van der Waals surface area contributed by atoms with Crippen LogP contribution in [-0.2, 0) is 4.74 Å². The van der Waals surface area contributed by atoms with Crippen molar-refractivity contribution in [3.8, 4) is 22.3 Å². The minimum absolute atomic E-state index is 0.681. The predicted molar refractivity (Wildman–Crippen MR) is 173 cm³/mol. The number of nitrogens with one attached hydrogen (secondary N) is 2. The molecule has 3 aliphatic rings. The van der Waals surface area contributed by atoms with Crippen molar-refractivity contribution in [2.24, 2.45) is 0 Å². The standard InChI is InChI=1S/C36H29N5O/c1-3-7-24(8-4-1)34-28-13-11-26(37-28)23-27-12-14-29(38-27)35(25-9-5-2-6-10-25)31-16-18-33(40-31)36(32-17-15-30(34)39-32)41-19-21-42-22-20-41/h1-18,23,37-38H,19-22H2. The fourth-order valence-corrected chi connectivity index (χ4v) is 6.05. The van der Waals surface area contributed by atoms with Gasteiger partial charge in [-0.1, -0.05) is 60.7 Å². The van der Waals surface area contributed by atoms with Crippen LogP contribution in [0.1, 0.15) is 22.8 Å². The molecule has 5 aromatic rings. The van der Waals surface area contributed by atoms with Gasteiger partial charge in [0.05, 0.1) is 41.7 Å². The van der Waals surface area contributed by atoms with Gasteiger partial charge in [-0.05, 0) is 65.8 Å². The summed E-state index contributed by atoms with van der Waals surface area (Å²) in [5.74, 6) is 0. The number of fused-ring (bicyclic) bond motifs is 8. The quantitative estimate of drug-likeness (QED) is 0.237. The number of nitrogens with zero attached hydrogens (tertiary/aromatic N) is 3. The normalized spacial score (nSPS) is 14.4. The molecule has 6 heterocycles. The van der Waals surface area contributed by atoms with E-state index in [-0.39, 0.29) is 0 Å². The van der Waals surface area contributed by atoms with Gasteiger partial charge in [0.25, 0.3) is 0 Å². The van der Waals surface area contributed by atoms with Crippen LogP contribution in [0.3, 0.4) is 0 Å². The van der Waals surface area contributed by atoms with Gasteiger partial charge in [-0.15, -0.1) is 0 Å². The van der Waals surface area contributed by atoms with Crippen molar-refractivity contribution in [1.29, 1.82) is 0 Å². The topological polar surface area (TPSA) is 69.8 Å². The van der Waals surface area contributed by atoms with Gasteiger partial charge in [0, 0.05) is 46.3 Å². The van der Waals surface area contributed by atoms with Crippen LogP contribution in [0.15, 0.2) is 91.0 Å². The van der Waals surface area contributed by atoms with Gasteiger partial charge in [-0.25, -0.2) is 9.97 Å². The zero-order valence-electron chi connectivity index (χ0n) is 23.0. The van der Waals surface area contributed by atoms with Crippen molar-refractivity contribution in [2.75, 3.05) is 31.2 Å². The third-order valence-corrected chi connectivity index (χ3v) is 8.00. The van der Waals surface area contributed by atoms with E-state index in [0.29, 0.717) is 13.2 Å². The van der Waals surface area contributed by atoms with E-state index in [1.807, 2.05) is 12.1 Å². The lowest BCUT2D eigenvalue weighted by Crippen LogP contribution is -2.37. The molecule has 6 heteroatoms. The summed E-state index contributed by atoms with van der Waals surface area (Å²) >= 11 is 0. The van der Waals surface area contributed by atoms with E-state index >= 15 is 0 Å². The Kier molecular flexibility index (Phi) is 6.04. The molecule has 1 saturated heterocycles. The lowest BCUT2D eigenvalue weighted by atomic mass is 10.0. The van der Waals surface area contributed by atoms with Gasteiger partial charge in [0.15, 0.2) is 0 Å². The zero-order chi connectivity index (χ0) is 27.9. The number of benzene rings is 2. The third kappa shape index (κ3) is 4.42. The van der Waals surface area contributed by atoms with Crippen molar-refractivity contribution < 1.29 is 4.74 Å². The number of H-pyrrole nitrogens is 2. The van der Waals surface area contributed by atoms with Crippen LogP contribution in [0.4, 0.5) is 5.69 Å². The molecule has 0 saturated carbocycles. The monoisotopic (exact) mass is 547 g/mol. The maximum absolute atomic E-state index is 5.72. The number of aromatic amines is 2. The van der Waals surface area contributed by atoms with Gasteiger partial charge in [0.1, 0.15) is 0 Å². The highest BCUT2D eigenvalue weighted by Crippen LogP contribution is 2.36. The first-order valence-corrected chi connectivity index (χ1v) is 14.4. The molecule has 1 fully saturated rings. The predicted octanol–water partition coefficient (Wildman–Crippen LogP) is 7.83. The average Bonchev–Trinajstić information content (AvgIpc) is 3.86. The first-order chi connectivity index (χ1) is 20.8. The van der Waals surface area contributed by atoms with Crippen LogP contribution in [0.5, 0.6) is 0 Å². The molecule has 2 aromatic carbocycles. The Morgan fingerprint density at radius 2 is 1.02 bits per heavy atom. The summed E-state index contributed by atoms with van der Waals surface area (Å²) in [6.07, 6.45) is 8.51. The van der Waals surface area contributed by atoms with Crippen molar-refractivity contribution >= 4 is 52.1 Å². The van der Waals surface area contributed by atoms with E-state index in [4.69, 9.17) is 14.7 Å². The molecule has 42 heavy (non-hydrogen) atoms. The number of hydrogen-bond donors (Lipinski definition) is 2. The fraction of sp³-hybridized carbons (Fsp3) is 0.111. The molecule has 2 N–H and O–H groups in total. The molecule has 0 aliphatic carbocycles. The first kappa shape index (κ1) is 24.6. The molecular weight excluding hydrogens is 518 g/mol. The van der Waals surface area contributed by atoms with Crippen LogP contribution in [0.2, 0.25) is 0 Å². The highest BCUT2D eigenvalue weighted by Gasteiger charge is 2.22. The van der Waals surface area contributed by atoms with Gasteiger partial charge < -0.3 is 19.6 Å². The molecule has 8 bridgehead atoms. The minimum atomic E-state index is 0.681. The van der Waals surface area contributed by atoms with Crippen molar-refractivity contribution in [3.05, 3.63) is 114 Å². The van der Waals surface area contributed by atoms with Gasteiger partial charge in [-0.3, -0.25) is 0 Å². The number of anilines is 1. The number of ether oxygens (including phenoxy) is 1. The summed E-state index contributed by atoms with van der Waals surface area (Å²) in [7, 11) is 0. The molecule has 6 nitrogen and oxygen atoms in total. The Bertz CT molecular complexity index is 1880. The number of rotatable bonds is 3. The van der Waals surface area contributed by atoms with Crippen LogP contribution >= 0.6 is 0 Å². The van der Waals surface area contributed by atoms with Crippen molar-refractivity contribution in [3.63, 3.8) is 0 Å². The number of aromatic nitrogens is 4. The lowest BCUT2D eigenvalue weighted by molar-refractivity contribution is 0.122. The first-order valence-electron chi connectivity index (χ1n) is 14.4.